The van der Waals surface area contributed by atoms with E-state index in [9.17, 15) is 4.79 Å². The largest absolute Gasteiger partial charge is 0.444 e. The standard InChI is InChI=1S/C24H36N8O2/c1-16(13-27-22(25)28-14-17-5-6-17)19-15-26-21-8-7-20(30-32(19)21)29-18-9-11-31(12-10-18)23(33)34-24(2,3)4/h7-8,13,15-18H,5-6,9-12,14H2,1-4H3,(H2,25,28)(H,29,30). The summed E-state index contributed by atoms with van der Waals surface area (Å²) in [5, 5.41) is 8.27. The molecule has 1 aliphatic heterocycles. The van der Waals surface area contributed by atoms with E-state index in [0.29, 0.717) is 25.0 Å². The lowest BCUT2D eigenvalue weighted by Crippen LogP contribution is -2.44. The van der Waals surface area contributed by atoms with Gasteiger partial charge in [-0.15, -0.1) is 5.10 Å². The first-order valence-corrected chi connectivity index (χ1v) is 12.1. The molecule has 3 N–H and O–H groups in total. The molecule has 1 saturated carbocycles. The minimum absolute atomic E-state index is 0.0236. The number of hydrogen-bond acceptors (Lipinski definition) is 6. The molecule has 2 aromatic rings. The number of anilines is 1. The van der Waals surface area contributed by atoms with Gasteiger partial charge in [0.15, 0.2) is 5.65 Å². The van der Waals surface area contributed by atoms with Gasteiger partial charge < -0.3 is 20.7 Å². The lowest BCUT2D eigenvalue weighted by Gasteiger charge is -2.33. The molecule has 184 valence electrons. The summed E-state index contributed by atoms with van der Waals surface area (Å²) in [5.41, 5.74) is 7.14. The first kappa shape index (κ1) is 24.0. The predicted octanol–water partition coefficient (Wildman–Crippen LogP) is 3.44. The van der Waals surface area contributed by atoms with E-state index in [1.54, 1.807) is 11.1 Å². The van der Waals surface area contributed by atoms with Crippen LogP contribution in [-0.2, 0) is 4.74 Å². The highest BCUT2D eigenvalue weighted by Crippen LogP contribution is 2.28. The number of rotatable bonds is 6. The summed E-state index contributed by atoms with van der Waals surface area (Å²) in [6, 6.07) is 4.12. The van der Waals surface area contributed by atoms with Crippen LogP contribution in [0.1, 0.15) is 65.0 Å². The molecule has 1 unspecified atom stereocenters. The number of hydrogen-bond donors (Lipinski definition) is 2. The average Bonchev–Trinajstić information content (AvgIpc) is 3.52. The number of likely N-dealkylation sites (tertiary alicyclic amines) is 1. The lowest BCUT2D eigenvalue weighted by atomic mass is 10.1. The van der Waals surface area contributed by atoms with Crippen molar-refractivity contribution in [3.8, 4) is 0 Å². The van der Waals surface area contributed by atoms with Gasteiger partial charge in [0.1, 0.15) is 11.4 Å². The zero-order chi connectivity index (χ0) is 24.3. The molecular formula is C24H36N8O2. The monoisotopic (exact) mass is 468 g/mol. The first-order valence-electron chi connectivity index (χ1n) is 12.1. The number of nitrogens with one attached hydrogen (secondary N) is 1. The molecule has 10 nitrogen and oxygen atoms in total. The van der Waals surface area contributed by atoms with E-state index in [2.05, 4.69) is 20.3 Å². The summed E-state index contributed by atoms with van der Waals surface area (Å²) in [6.07, 6.45) is 7.51. The fourth-order valence-corrected chi connectivity index (χ4v) is 3.85. The quantitative estimate of drug-likeness (QED) is 0.495. The topological polar surface area (TPSA) is 122 Å². The Morgan fingerprint density at radius 1 is 1.29 bits per heavy atom. The molecule has 4 rings (SSSR count). The van der Waals surface area contributed by atoms with E-state index in [1.165, 1.54) is 12.8 Å². The zero-order valence-electron chi connectivity index (χ0n) is 20.6. The van der Waals surface area contributed by atoms with Crippen LogP contribution in [-0.4, -0.2) is 69.0 Å². The molecule has 0 spiro atoms. The maximum atomic E-state index is 12.3. The average molecular weight is 469 g/mol. The second-order valence-corrected chi connectivity index (χ2v) is 10.3. The first-order chi connectivity index (χ1) is 16.2. The van der Waals surface area contributed by atoms with Gasteiger partial charge in [0.25, 0.3) is 0 Å². The Balaban J connectivity index is 1.36. The summed E-state index contributed by atoms with van der Waals surface area (Å²) in [5.74, 6) is 1.76. The van der Waals surface area contributed by atoms with Gasteiger partial charge in [0, 0.05) is 37.8 Å². The molecule has 10 heteroatoms. The number of nitrogens with zero attached hydrogens (tertiary/aromatic N) is 6. The fourth-order valence-electron chi connectivity index (χ4n) is 3.85. The fraction of sp³-hybridized carbons (Fsp3) is 0.625. The van der Waals surface area contributed by atoms with Crippen LogP contribution >= 0.6 is 0 Å². The lowest BCUT2D eigenvalue weighted by molar-refractivity contribution is 0.0210. The van der Waals surface area contributed by atoms with Crippen molar-refractivity contribution in [3.63, 3.8) is 0 Å². The number of aliphatic imine (C=N–C) groups is 2. The highest BCUT2D eigenvalue weighted by Gasteiger charge is 2.27. The van der Waals surface area contributed by atoms with Gasteiger partial charge in [0.2, 0.25) is 5.96 Å². The van der Waals surface area contributed by atoms with Crippen LogP contribution in [0, 0.1) is 5.92 Å². The Hall–Kier alpha value is -3.17. The van der Waals surface area contributed by atoms with Crippen LogP contribution in [0.25, 0.3) is 5.65 Å². The number of aromatic nitrogens is 3. The maximum absolute atomic E-state index is 12.3. The molecule has 2 fully saturated rings. The van der Waals surface area contributed by atoms with Crippen molar-refractivity contribution in [2.45, 2.75) is 70.9 Å². The summed E-state index contributed by atoms with van der Waals surface area (Å²) < 4.78 is 7.32. The molecule has 0 bridgehead atoms. The molecule has 1 aliphatic carbocycles. The van der Waals surface area contributed by atoms with Gasteiger partial charge in [-0.25, -0.2) is 19.3 Å². The van der Waals surface area contributed by atoms with E-state index in [0.717, 1.165) is 36.5 Å². The normalized spacial score (nSPS) is 19.1. The summed E-state index contributed by atoms with van der Waals surface area (Å²) in [4.78, 5) is 27.2. The number of guanidine groups is 1. The SMILES string of the molecule is CC(C=NC(N)=NCC1CC1)c1cnc2ccc(NC3CCN(C(=O)OC(C)(C)C)CC3)nn12. The third kappa shape index (κ3) is 6.45. The van der Waals surface area contributed by atoms with Gasteiger partial charge in [-0.05, 0) is 64.5 Å². The van der Waals surface area contributed by atoms with Gasteiger partial charge >= 0.3 is 6.09 Å². The summed E-state index contributed by atoms with van der Waals surface area (Å²) in [7, 11) is 0. The molecule has 0 radical (unpaired) electrons. The molecule has 2 aliphatic rings. The van der Waals surface area contributed by atoms with Gasteiger partial charge in [-0.3, -0.25) is 4.99 Å². The minimum atomic E-state index is -0.481. The number of piperidine rings is 1. The Morgan fingerprint density at radius 2 is 2.03 bits per heavy atom. The second kappa shape index (κ2) is 9.99. The van der Waals surface area contributed by atoms with Crippen LogP contribution in [0.3, 0.4) is 0 Å². The van der Waals surface area contributed by atoms with Crippen molar-refractivity contribution in [1.29, 1.82) is 0 Å². The number of carbonyl (C=O) groups is 1. The van der Waals surface area contributed by atoms with Crippen LogP contribution < -0.4 is 11.1 Å². The van der Waals surface area contributed by atoms with E-state index < -0.39 is 5.60 Å². The molecule has 1 saturated heterocycles. The Kier molecular flexibility index (Phi) is 7.04. The molecule has 0 aromatic carbocycles. The van der Waals surface area contributed by atoms with Gasteiger partial charge in [0.05, 0.1) is 11.9 Å². The molecule has 1 atom stereocenters. The van der Waals surface area contributed by atoms with Crippen molar-refractivity contribution in [3.05, 3.63) is 24.0 Å². The third-order valence-electron chi connectivity index (χ3n) is 5.99. The minimum Gasteiger partial charge on any atom is -0.444 e. The number of amides is 1. The molecule has 2 aromatic heterocycles. The summed E-state index contributed by atoms with van der Waals surface area (Å²) >= 11 is 0. The highest BCUT2D eigenvalue weighted by atomic mass is 16.6. The predicted molar refractivity (Wildman–Crippen MR) is 134 cm³/mol. The number of ether oxygens (including phenoxy) is 1. The third-order valence-corrected chi connectivity index (χ3v) is 5.99. The van der Waals surface area contributed by atoms with E-state index in [-0.39, 0.29) is 18.1 Å². The molecular weight excluding hydrogens is 432 g/mol. The van der Waals surface area contributed by atoms with Crippen LogP contribution in [0.4, 0.5) is 10.6 Å². The van der Waals surface area contributed by atoms with E-state index in [1.807, 2.05) is 50.5 Å². The second-order valence-electron chi connectivity index (χ2n) is 10.3. The smallest absolute Gasteiger partial charge is 0.410 e. The van der Waals surface area contributed by atoms with Crippen molar-refractivity contribution in [2.24, 2.45) is 21.6 Å². The van der Waals surface area contributed by atoms with E-state index >= 15 is 0 Å². The number of nitrogens with two attached hydrogens (primary N) is 1. The van der Waals surface area contributed by atoms with Crippen LogP contribution in [0.15, 0.2) is 28.3 Å². The zero-order valence-corrected chi connectivity index (χ0v) is 20.6. The molecule has 3 heterocycles. The maximum Gasteiger partial charge on any atom is 0.410 e. The van der Waals surface area contributed by atoms with Gasteiger partial charge in [-0.2, -0.15) is 0 Å². The van der Waals surface area contributed by atoms with Crippen molar-refractivity contribution in [2.75, 3.05) is 25.0 Å². The number of fused-ring (bicyclic) bond motifs is 1. The Bertz CT molecular complexity index is 1060. The summed E-state index contributed by atoms with van der Waals surface area (Å²) in [6.45, 7) is 9.77. The van der Waals surface area contributed by atoms with Crippen LogP contribution in [0.5, 0.6) is 0 Å². The number of carbonyl (C=O) groups excluding carboxylic acids is 1. The van der Waals surface area contributed by atoms with Crippen molar-refractivity contribution >= 4 is 29.7 Å². The Labute approximate surface area is 200 Å². The molecule has 1 amide bonds. The number of imidazole rings is 1. The van der Waals surface area contributed by atoms with Gasteiger partial charge in [-0.1, -0.05) is 6.92 Å². The van der Waals surface area contributed by atoms with Crippen molar-refractivity contribution < 1.29 is 9.53 Å². The Morgan fingerprint density at radius 3 is 2.71 bits per heavy atom. The van der Waals surface area contributed by atoms with E-state index in [4.69, 9.17) is 15.6 Å². The van der Waals surface area contributed by atoms with Crippen LogP contribution in [0.2, 0.25) is 0 Å². The van der Waals surface area contributed by atoms with Crippen molar-refractivity contribution in [1.82, 2.24) is 19.5 Å². The molecule has 34 heavy (non-hydrogen) atoms. The highest BCUT2D eigenvalue weighted by molar-refractivity contribution is 5.88.